The fraction of sp³-hybridized carbons (Fsp3) is 0.375. The zero-order chi connectivity index (χ0) is 16.3. The van der Waals surface area contributed by atoms with Gasteiger partial charge in [0.2, 0.25) is 0 Å². The number of phenolic OH excluding ortho intramolecular Hbond substituents is 1. The number of urea groups is 1. The number of anilines is 1. The topological polar surface area (TPSA) is 78.6 Å². The molecule has 2 amide bonds. The molecule has 0 fully saturated rings. The van der Waals surface area contributed by atoms with Crippen LogP contribution in [0.4, 0.5) is 10.8 Å². The Morgan fingerprint density at radius 1 is 1.45 bits per heavy atom. The number of hydrogen-bond donors (Lipinski definition) is 2. The average molecular weight is 303 g/mol. The Bertz CT molecular complexity index is 647. The Morgan fingerprint density at radius 3 is 2.73 bits per heavy atom. The summed E-state index contributed by atoms with van der Waals surface area (Å²) in [5.41, 5.74) is 1.61. The summed E-state index contributed by atoms with van der Waals surface area (Å²) in [5.74, 6) is 0.860. The minimum absolute atomic E-state index is 0.180. The fourth-order valence-electron chi connectivity index (χ4n) is 2.25. The number of nitrogens with zero attached hydrogens (tertiary/aromatic N) is 2. The largest absolute Gasteiger partial charge is 0.508 e. The highest BCUT2D eigenvalue weighted by molar-refractivity contribution is 5.87. The maximum atomic E-state index is 12.4. The van der Waals surface area contributed by atoms with Gasteiger partial charge in [-0.15, -0.1) is 0 Å². The molecule has 0 radical (unpaired) electrons. The number of rotatable bonds is 4. The van der Waals surface area contributed by atoms with Crippen LogP contribution in [0.2, 0.25) is 0 Å². The minimum Gasteiger partial charge on any atom is -0.508 e. The van der Waals surface area contributed by atoms with Crippen LogP contribution in [0.25, 0.3) is 0 Å². The standard InChI is InChI=1S/C16H21N3O3/c1-5-19(11(3)13-7-6-8-14(20)9-13)16(21)18-15-17-10(2)12(4)22-15/h6-9,11,20H,5H2,1-4H3,(H,17,18,21). The van der Waals surface area contributed by atoms with Crippen molar-refractivity contribution in [2.24, 2.45) is 0 Å². The van der Waals surface area contributed by atoms with Crippen molar-refractivity contribution in [3.63, 3.8) is 0 Å². The lowest BCUT2D eigenvalue weighted by Crippen LogP contribution is -2.37. The summed E-state index contributed by atoms with van der Waals surface area (Å²) in [5, 5.41) is 12.2. The van der Waals surface area contributed by atoms with Gasteiger partial charge in [0.05, 0.1) is 11.7 Å². The first-order valence-electron chi connectivity index (χ1n) is 7.23. The Morgan fingerprint density at radius 2 is 2.18 bits per heavy atom. The predicted octanol–water partition coefficient (Wildman–Crippen LogP) is 3.61. The van der Waals surface area contributed by atoms with Gasteiger partial charge in [0.15, 0.2) is 0 Å². The van der Waals surface area contributed by atoms with Crippen LogP contribution in [0.3, 0.4) is 0 Å². The molecule has 0 aliphatic rings. The van der Waals surface area contributed by atoms with Crippen LogP contribution < -0.4 is 5.32 Å². The van der Waals surface area contributed by atoms with Crippen LogP contribution in [0.1, 0.15) is 36.9 Å². The lowest BCUT2D eigenvalue weighted by Gasteiger charge is -2.28. The van der Waals surface area contributed by atoms with Gasteiger partial charge in [-0.05, 0) is 45.4 Å². The number of amides is 2. The first-order chi connectivity index (χ1) is 10.4. The lowest BCUT2D eigenvalue weighted by atomic mass is 10.1. The monoisotopic (exact) mass is 303 g/mol. The average Bonchev–Trinajstić information content (AvgIpc) is 2.77. The molecule has 2 rings (SSSR count). The molecule has 0 spiro atoms. The van der Waals surface area contributed by atoms with Crippen molar-refractivity contribution < 1.29 is 14.3 Å². The second-order valence-corrected chi connectivity index (χ2v) is 5.15. The Balaban J connectivity index is 2.14. The van der Waals surface area contributed by atoms with E-state index in [1.54, 1.807) is 30.0 Å². The van der Waals surface area contributed by atoms with Gasteiger partial charge in [0, 0.05) is 6.54 Å². The maximum absolute atomic E-state index is 12.4. The van der Waals surface area contributed by atoms with Crippen molar-refractivity contribution in [1.82, 2.24) is 9.88 Å². The highest BCUT2D eigenvalue weighted by Gasteiger charge is 2.22. The molecule has 0 saturated heterocycles. The fourth-order valence-corrected chi connectivity index (χ4v) is 2.25. The molecule has 1 aromatic heterocycles. The Labute approximate surface area is 129 Å². The van der Waals surface area contributed by atoms with E-state index in [4.69, 9.17) is 4.42 Å². The summed E-state index contributed by atoms with van der Waals surface area (Å²) in [7, 11) is 0. The molecule has 6 nitrogen and oxygen atoms in total. The summed E-state index contributed by atoms with van der Waals surface area (Å²) < 4.78 is 5.37. The smallest absolute Gasteiger partial charge is 0.325 e. The van der Waals surface area contributed by atoms with Crippen LogP contribution >= 0.6 is 0 Å². The van der Waals surface area contributed by atoms with Gasteiger partial charge in [-0.1, -0.05) is 12.1 Å². The second kappa shape index (κ2) is 6.51. The first-order valence-corrected chi connectivity index (χ1v) is 7.23. The van der Waals surface area contributed by atoms with Crippen molar-refractivity contribution in [3.8, 4) is 5.75 Å². The second-order valence-electron chi connectivity index (χ2n) is 5.15. The van der Waals surface area contributed by atoms with Crippen molar-refractivity contribution in [2.45, 2.75) is 33.7 Å². The molecule has 2 aromatic rings. The van der Waals surface area contributed by atoms with Crippen molar-refractivity contribution >= 4 is 12.0 Å². The number of hydrogen-bond acceptors (Lipinski definition) is 4. The molecule has 0 aliphatic carbocycles. The summed E-state index contributed by atoms with van der Waals surface area (Å²) in [6.45, 7) is 7.93. The number of oxazole rings is 1. The molecule has 1 atom stereocenters. The van der Waals surface area contributed by atoms with Crippen molar-refractivity contribution in [3.05, 3.63) is 41.3 Å². The summed E-state index contributed by atoms with van der Waals surface area (Å²) >= 11 is 0. The number of aromatic hydroxyl groups is 1. The predicted molar refractivity (Wildman–Crippen MR) is 83.9 cm³/mol. The molecule has 118 valence electrons. The molecule has 1 aromatic carbocycles. The molecule has 6 heteroatoms. The third-order valence-corrected chi connectivity index (χ3v) is 3.66. The first kappa shape index (κ1) is 15.9. The molecule has 1 heterocycles. The molecule has 1 unspecified atom stereocenters. The van der Waals surface area contributed by atoms with E-state index < -0.39 is 0 Å². The zero-order valence-electron chi connectivity index (χ0n) is 13.3. The van der Waals surface area contributed by atoms with E-state index >= 15 is 0 Å². The molecule has 0 saturated carbocycles. The quantitative estimate of drug-likeness (QED) is 0.904. The molecule has 0 aliphatic heterocycles. The van der Waals surface area contributed by atoms with Gasteiger partial charge in [-0.3, -0.25) is 5.32 Å². The zero-order valence-corrected chi connectivity index (χ0v) is 13.3. The van der Waals surface area contributed by atoms with E-state index in [0.29, 0.717) is 12.3 Å². The van der Waals surface area contributed by atoms with Crippen LogP contribution in [-0.4, -0.2) is 27.6 Å². The van der Waals surface area contributed by atoms with E-state index in [9.17, 15) is 9.90 Å². The van der Waals surface area contributed by atoms with E-state index in [1.807, 2.05) is 26.8 Å². The number of carbonyl (C=O) groups is 1. The van der Waals surface area contributed by atoms with Gasteiger partial charge in [0.25, 0.3) is 0 Å². The van der Waals surface area contributed by atoms with E-state index in [-0.39, 0.29) is 23.8 Å². The summed E-state index contributed by atoms with van der Waals surface area (Å²) in [4.78, 5) is 18.2. The molecule has 0 bridgehead atoms. The lowest BCUT2D eigenvalue weighted by molar-refractivity contribution is 0.196. The van der Waals surface area contributed by atoms with Crippen LogP contribution in [-0.2, 0) is 0 Å². The van der Waals surface area contributed by atoms with Gasteiger partial charge in [-0.2, -0.15) is 4.98 Å². The summed E-state index contributed by atoms with van der Waals surface area (Å²) in [6.07, 6.45) is 0. The number of aryl methyl sites for hydroxylation is 2. The number of carbonyl (C=O) groups excluding carboxylic acids is 1. The number of nitrogens with one attached hydrogen (secondary N) is 1. The van der Waals surface area contributed by atoms with Crippen LogP contribution in [0, 0.1) is 13.8 Å². The highest BCUT2D eigenvalue weighted by Crippen LogP contribution is 2.24. The number of phenols is 1. The van der Waals surface area contributed by atoms with Gasteiger partial charge >= 0.3 is 12.0 Å². The van der Waals surface area contributed by atoms with Crippen LogP contribution in [0.15, 0.2) is 28.7 Å². The molecular formula is C16H21N3O3. The third-order valence-electron chi connectivity index (χ3n) is 3.66. The summed E-state index contributed by atoms with van der Waals surface area (Å²) in [6, 6.07) is 6.61. The SMILES string of the molecule is CCN(C(=O)Nc1nc(C)c(C)o1)C(C)c1cccc(O)c1. The number of benzene rings is 1. The molecule has 22 heavy (non-hydrogen) atoms. The van der Waals surface area contributed by atoms with Gasteiger partial charge in [-0.25, -0.2) is 4.79 Å². The molecular weight excluding hydrogens is 282 g/mol. The van der Waals surface area contributed by atoms with Gasteiger partial charge in [0.1, 0.15) is 11.5 Å². The van der Waals surface area contributed by atoms with E-state index in [1.165, 1.54) is 0 Å². The Kier molecular flexibility index (Phi) is 4.70. The normalized spacial score (nSPS) is 12.0. The highest BCUT2D eigenvalue weighted by atomic mass is 16.4. The number of aromatic nitrogens is 1. The van der Waals surface area contributed by atoms with Gasteiger partial charge < -0.3 is 14.4 Å². The van der Waals surface area contributed by atoms with Crippen molar-refractivity contribution in [1.29, 1.82) is 0 Å². The minimum atomic E-state index is -0.292. The van der Waals surface area contributed by atoms with Crippen LogP contribution in [0.5, 0.6) is 5.75 Å². The van der Waals surface area contributed by atoms with E-state index in [2.05, 4.69) is 10.3 Å². The third kappa shape index (κ3) is 3.39. The molecule has 2 N–H and O–H groups in total. The van der Waals surface area contributed by atoms with Crippen molar-refractivity contribution in [2.75, 3.05) is 11.9 Å². The van der Waals surface area contributed by atoms with E-state index in [0.717, 1.165) is 11.3 Å². The Hall–Kier alpha value is -2.50. The maximum Gasteiger partial charge on any atom is 0.325 e.